The molecule has 15 heavy (non-hydrogen) atoms. The summed E-state index contributed by atoms with van der Waals surface area (Å²) in [5.74, 6) is 0.672. The molecule has 0 saturated heterocycles. The van der Waals surface area contributed by atoms with Crippen LogP contribution in [0.25, 0.3) is 0 Å². The summed E-state index contributed by atoms with van der Waals surface area (Å²) < 4.78 is 0. The van der Waals surface area contributed by atoms with Crippen molar-refractivity contribution in [1.29, 1.82) is 0 Å². The third-order valence-electron chi connectivity index (χ3n) is 2.19. The van der Waals surface area contributed by atoms with Crippen LogP contribution in [-0.2, 0) is 0 Å². The monoisotopic (exact) mass is 217 g/mol. The van der Waals surface area contributed by atoms with Gasteiger partial charge in [-0.05, 0) is 12.3 Å². The van der Waals surface area contributed by atoms with Gasteiger partial charge in [0.1, 0.15) is 5.84 Å². The summed E-state index contributed by atoms with van der Waals surface area (Å²) >= 11 is 0. The fourth-order valence-electron chi connectivity index (χ4n) is 1.30. The minimum atomic E-state index is -0.329. The predicted molar refractivity (Wildman–Crippen MR) is 60.9 cm³/mol. The van der Waals surface area contributed by atoms with E-state index in [9.17, 15) is 5.11 Å². The number of aliphatic hydroxyl groups excluding tert-OH is 1. The highest BCUT2D eigenvalue weighted by atomic mass is 16.4. The summed E-state index contributed by atoms with van der Waals surface area (Å²) in [7, 11) is 0. The highest BCUT2D eigenvalue weighted by molar-refractivity contribution is 5.82. The van der Waals surface area contributed by atoms with Crippen molar-refractivity contribution >= 4 is 5.84 Å². The lowest BCUT2D eigenvalue weighted by Crippen LogP contribution is -2.35. The van der Waals surface area contributed by atoms with E-state index in [2.05, 4.69) is 24.3 Å². The van der Waals surface area contributed by atoms with Gasteiger partial charge in [-0.25, -0.2) is 0 Å². The molecular formula is C10H23N3O2. The maximum atomic E-state index is 9.55. The summed E-state index contributed by atoms with van der Waals surface area (Å²) in [5.41, 5.74) is 5.41. The van der Waals surface area contributed by atoms with Crippen molar-refractivity contribution in [2.75, 3.05) is 13.1 Å². The van der Waals surface area contributed by atoms with Crippen LogP contribution in [0.4, 0.5) is 0 Å². The molecule has 90 valence electrons. The largest absolute Gasteiger partial charge is 0.409 e. The Balaban J connectivity index is 3.61. The molecular weight excluding hydrogens is 194 g/mol. The Kier molecular flexibility index (Phi) is 7.07. The first-order chi connectivity index (χ1) is 6.97. The summed E-state index contributed by atoms with van der Waals surface area (Å²) in [5, 5.41) is 24.0. The second-order valence-corrected chi connectivity index (χ2v) is 4.37. The lowest BCUT2D eigenvalue weighted by Gasteiger charge is -2.15. The molecule has 2 atom stereocenters. The van der Waals surface area contributed by atoms with Gasteiger partial charge in [0, 0.05) is 19.0 Å². The van der Waals surface area contributed by atoms with Crippen molar-refractivity contribution in [3.8, 4) is 0 Å². The standard InChI is InChI=1S/C10H23N3O2/c1-7(2)4-9(14)6-12-5-8(3)10(11)13-15/h7-9,12,14-15H,4-6H2,1-3H3,(H2,11,13). The topological polar surface area (TPSA) is 90.9 Å². The molecule has 5 N–H and O–H groups in total. The van der Waals surface area contributed by atoms with Crippen LogP contribution in [-0.4, -0.2) is 35.3 Å². The van der Waals surface area contributed by atoms with Crippen LogP contribution >= 0.6 is 0 Å². The van der Waals surface area contributed by atoms with Gasteiger partial charge in [-0.1, -0.05) is 25.9 Å². The van der Waals surface area contributed by atoms with E-state index in [1.807, 2.05) is 6.92 Å². The molecule has 2 unspecified atom stereocenters. The Bertz CT molecular complexity index is 195. The number of nitrogens with zero attached hydrogens (tertiary/aromatic N) is 1. The normalized spacial score (nSPS) is 16.7. The van der Waals surface area contributed by atoms with Crippen LogP contribution < -0.4 is 11.1 Å². The van der Waals surface area contributed by atoms with Gasteiger partial charge >= 0.3 is 0 Å². The Morgan fingerprint density at radius 3 is 2.40 bits per heavy atom. The van der Waals surface area contributed by atoms with Crippen molar-refractivity contribution < 1.29 is 10.3 Å². The summed E-state index contributed by atoms with van der Waals surface area (Å²) in [4.78, 5) is 0. The zero-order valence-electron chi connectivity index (χ0n) is 9.77. The predicted octanol–water partition coefficient (Wildman–Crippen LogP) is 0.366. The number of aliphatic hydroxyl groups is 1. The van der Waals surface area contributed by atoms with E-state index in [0.29, 0.717) is 19.0 Å². The van der Waals surface area contributed by atoms with E-state index < -0.39 is 0 Å². The van der Waals surface area contributed by atoms with E-state index in [1.165, 1.54) is 0 Å². The molecule has 0 radical (unpaired) electrons. The summed E-state index contributed by atoms with van der Waals surface area (Å²) in [6.07, 6.45) is 0.454. The average molecular weight is 217 g/mol. The molecule has 0 spiro atoms. The van der Waals surface area contributed by atoms with Gasteiger partial charge in [0.15, 0.2) is 0 Å². The molecule has 0 heterocycles. The highest BCUT2D eigenvalue weighted by Gasteiger charge is 2.09. The lowest BCUT2D eigenvalue weighted by molar-refractivity contribution is 0.146. The van der Waals surface area contributed by atoms with Gasteiger partial charge in [-0.3, -0.25) is 0 Å². The zero-order valence-corrected chi connectivity index (χ0v) is 9.77. The van der Waals surface area contributed by atoms with Crippen molar-refractivity contribution in [3.63, 3.8) is 0 Å². The molecule has 0 aromatic carbocycles. The maximum Gasteiger partial charge on any atom is 0.143 e. The van der Waals surface area contributed by atoms with E-state index in [4.69, 9.17) is 10.9 Å². The van der Waals surface area contributed by atoms with Crippen LogP contribution in [0.3, 0.4) is 0 Å². The molecule has 0 aromatic heterocycles. The first-order valence-electron chi connectivity index (χ1n) is 5.33. The second-order valence-electron chi connectivity index (χ2n) is 4.37. The highest BCUT2D eigenvalue weighted by Crippen LogP contribution is 2.03. The van der Waals surface area contributed by atoms with Crippen molar-refractivity contribution in [1.82, 2.24) is 5.32 Å². The fraction of sp³-hybridized carbons (Fsp3) is 0.900. The molecule has 0 aliphatic rings. The van der Waals surface area contributed by atoms with E-state index in [-0.39, 0.29) is 17.9 Å². The molecule has 0 amide bonds. The minimum Gasteiger partial charge on any atom is -0.409 e. The Labute approximate surface area is 91.4 Å². The van der Waals surface area contributed by atoms with Gasteiger partial charge in [0.2, 0.25) is 0 Å². The summed E-state index contributed by atoms with van der Waals surface area (Å²) in [6, 6.07) is 0. The lowest BCUT2D eigenvalue weighted by atomic mass is 10.1. The van der Waals surface area contributed by atoms with Gasteiger partial charge in [0.05, 0.1) is 6.10 Å². The SMILES string of the molecule is CC(C)CC(O)CNCC(C)C(N)=NO. The van der Waals surface area contributed by atoms with E-state index >= 15 is 0 Å². The van der Waals surface area contributed by atoms with Crippen molar-refractivity contribution in [3.05, 3.63) is 0 Å². The third kappa shape index (κ3) is 7.16. The third-order valence-corrected chi connectivity index (χ3v) is 2.19. The number of nitrogens with one attached hydrogen (secondary N) is 1. The number of nitrogens with two attached hydrogens (primary N) is 1. The van der Waals surface area contributed by atoms with Gasteiger partial charge in [-0.15, -0.1) is 0 Å². The van der Waals surface area contributed by atoms with Crippen LogP contribution in [0.2, 0.25) is 0 Å². The molecule has 0 aliphatic carbocycles. The molecule has 0 aliphatic heterocycles. The van der Waals surface area contributed by atoms with Crippen LogP contribution in [0.1, 0.15) is 27.2 Å². The van der Waals surface area contributed by atoms with Crippen molar-refractivity contribution in [2.24, 2.45) is 22.7 Å². The zero-order chi connectivity index (χ0) is 11.8. The fourth-order valence-corrected chi connectivity index (χ4v) is 1.30. The molecule has 5 heteroatoms. The first kappa shape index (κ1) is 14.2. The smallest absolute Gasteiger partial charge is 0.143 e. The van der Waals surface area contributed by atoms with Gasteiger partial charge < -0.3 is 21.4 Å². The molecule has 0 rings (SSSR count). The quantitative estimate of drug-likeness (QED) is 0.214. The maximum absolute atomic E-state index is 9.55. The van der Waals surface area contributed by atoms with Gasteiger partial charge in [0.25, 0.3) is 0 Å². The molecule has 0 saturated carbocycles. The Morgan fingerprint density at radius 2 is 1.93 bits per heavy atom. The molecule has 0 fully saturated rings. The summed E-state index contributed by atoms with van der Waals surface area (Å²) in [6.45, 7) is 7.15. The van der Waals surface area contributed by atoms with E-state index in [1.54, 1.807) is 0 Å². The van der Waals surface area contributed by atoms with Gasteiger partial charge in [-0.2, -0.15) is 0 Å². The number of oxime groups is 1. The Hall–Kier alpha value is -0.810. The van der Waals surface area contributed by atoms with Crippen LogP contribution in [0.5, 0.6) is 0 Å². The number of rotatable bonds is 7. The van der Waals surface area contributed by atoms with E-state index in [0.717, 1.165) is 6.42 Å². The van der Waals surface area contributed by atoms with Crippen molar-refractivity contribution in [2.45, 2.75) is 33.3 Å². The molecule has 0 aromatic rings. The molecule has 5 nitrogen and oxygen atoms in total. The van der Waals surface area contributed by atoms with Crippen LogP contribution in [0.15, 0.2) is 5.16 Å². The minimum absolute atomic E-state index is 0.0266. The number of hydrogen-bond acceptors (Lipinski definition) is 4. The number of hydrogen-bond donors (Lipinski definition) is 4. The second kappa shape index (κ2) is 7.48. The Morgan fingerprint density at radius 1 is 1.33 bits per heavy atom. The van der Waals surface area contributed by atoms with Crippen LogP contribution in [0, 0.1) is 11.8 Å². The first-order valence-corrected chi connectivity index (χ1v) is 5.33. The average Bonchev–Trinajstić information content (AvgIpc) is 2.15. The molecule has 0 bridgehead atoms. The number of amidine groups is 1.